The van der Waals surface area contributed by atoms with Gasteiger partial charge in [-0.05, 0) is 24.8 Å². The van der Waals surface area contributed by atoms with Crippen molar-refractivity contribution in [2.24, 2.45) is 5.92 Å². The van der Waals surface area contributed by atoms with E-state index in [1.165, 1.54) is 0 Å². The molecule has 0 spiro atoms. The maximum Gasteiger partial charge on any atom is 0.433 e. The Kier molecular flexibility index (Phi) is 3.36. The molecule has 2 unspecified atom stereocenters. The van der Waals surface area contributed by atoms with E-state index < -0.39 is 11.9 Å². The summed E-state index contributed by atoms with van der Waals surface area (Å²) in [5.41, 5.74) is 5.33. The molecule has 0 amide bonds. The Bertz CT molecular complexity index is 431. The molecule has 0 radical (unpaired) electrons. The lowest BCUT2D eigenvalue weighted by Gasteiger charge is -2.20. The summed E-state index contributed by atoms with van der Waals surface area (Å²) in [6.45, 7) is 2.09. The molecule has 1 aliphatic rings. The van der Waals surface area contributed by atoms with Crippen LogP contribution < -0.4 is 11.1 Å². The van der Waals surface area contributed by atoms with E-state index in [2.05, 4.69) is 17.2 Å². The third-order valence-corrected chi connectivity index (χ3v) is 3.43. The largest absolute Gasteiger partial charge is 0.433 e. The smallest absolute Gasteiger partial charge is 0.396 e. The van der Waals surface area contributed by atoms with Crippen LogP contribution in [0.25, 0.3) is 0 Å². The average molecular weight is 259 g/mol. The van der Waals surface area contributed by atoms with E-state index in [9.17, 15) is 13.2 Å². The minimum absolute atomic E-state index is 0.191. The number of hydrogen-bond donors (Lipinski definition) is 2. The number of hydrogen-bond acceptors (Lipinski definition) is 3. The van der Waals surface area contributed by atoms with Crippen molar-refractivity contribution in [1.29, 1.82) is 0 Å². The molecule has 18 heavy (non-hydrogen) atoms. The molecule has 6 heteroatoms. The third-order valence-electron chi connectivity index (χ3n) is 3.43. The highest BCUT2D eigenvalue weighted by molar-refractivity contribution is 5.66. The number of aromatic nitrogens is 1. The summed E-state index contributed by atoms with van der Waals surface area (Å²) in [6.07, 6.45) is -0.231. The fourth-order valence-electron chi connectivity index (χ4n) is 2.31. The Balaban J connectivity index is 2.21. The molecule has 1 fully saturated rings. The minimum Gasteiger partial charge on any atom is -0.396 e. The van der Waals surface area contributed by atoms with E-state index in [1.807, 2.05) is 0 Å². The number of pyridine rings is 1. The molecule has 2 rings (SSSR count). The molecule has 0 aliphatic heterocycles. The van der Waals surface area contributed by atoms with Gasteiger partial charge in [-0.1, -0.05) is 13.3 Å². The van der Waals surface area contributed by atoms with Gasteiger partial charge in [-0.2, -0.15) is 13.2 Å². The van der Waals surface area contributed by atoms with Gasteiger partial charge in [0.25, 0.3) is 0 Å². The van der Waals surface area contributed by atoms with Crippen molar-refractivity contribution < 1.29 is 13.2 Å². The van der Waals surface area contributed by atoms with Crippen LogP contribution in [0.15, 0.2) is 12.3 Å². The fourth-order valence-corrected chi connectivity index (χ4v) is 2.31. The van der Waals surface area contributed by atoms with E-state index in [4.69, 9.17) is 5.73 Å². The van der Waals surface area contributed by atoms with Gasteiger partial charge in [-0.15, -0.1) is 0 Å². The van der Waals surface area contributed by atoms with E-state index in [0.717, 1.165) is 31.5 Å². The summed E-state index contributed by atoms with van der Waals surface area (Å²) in [4.78, 5) is 3.31. The third kappa shape index (κ3) is 2.68. The first kappa shape index (κ1) is 13.0. The second-order valence-electron chi connectivity index (χ2n) is 4.81. The molecular formula is C12H16F3N3. The molecule has 100 valence electrons. The number of alkyl halides is 3. The number of rotatable bonds is 2. The van der Waals surface area contributed by atoms with Gasteiger partial charge in [0, 0.05) is 6.04 Å². The molecule has 1 aromatic rings. The Morgan fingerprint density at radius 3 is 2.67 bits per heavy atom. The van der Waals surface area contributed by atoms with Crippen LogP contribution in [0.3, 0.4) is 0 Å². The maximum absolute atomic E-state index is 12.6. The predicted octanol–water partition coefficient (Wildman–Crippen LogP) is 3.28. The van der Waals surface area contributed by atoms with Gasteiger partial charge in [0.05, 0.1) is 17.6 Å². The fraction of sp³-hybridized carbons (Fsp3) is 0.583. The van der Waals surface area contributed by atoms with Crippen LogP contribution in [0.4, 0.5) is 24.5 Å². The van der Waals surface area contributed by atoms with Gasteiger partial charge >= 0.3 is 6.18 Å². The normalized spacial score (nSPS) is 24.2. The molecule has 1 heterocycles. The van der Waals surface area contributed by atoms with Gasteiger partial charge in [0.1, 0.15) is 5.69 Å². The highest BCUT2D eigenvalue weighted by atomic mass is 19.4. The van der Waals surface area contributed by atoms with E-state index >= 15 is 0 Å². The lowest BCUT2D eigenvalue weighted by molar-refractivity contribution is -0.141. The number of halogens is 3. The van der Waals surface area contributed by atoms with Crippen LogP contribution in [0.5, 0.6) is 0 Å². The first-order valence-corrected chi connectivity index (χ1v) is 5.97. The molecule has 0 saturated heterocycles. The number of nitrogen functional groups attached to an aromatic ring is 1. The topological polar surface area (TPSA) is 50.9 Å². The molecule has 3 N–H and O–H groups in total. The van der Waals surface area contributed by atoms with Gasteiger partial charge < -0.3 is 11.1 Å². The van der Waals surface area contributed by atoms with Crippen molar-refractivity contribution in [3.63, 3.8) is 0 Å². The molecular weight excluding hydrogens is 243 g/mol. The van der Waals surface area contributed by atoms with Crippen LogP contribution in [-0.2, 0) is 6.18 Å². The summed E-state index contributed by atoms with van der Waals surface area (Å²) >= 11 is 0. The van der Waals surface area contributed by atoms with Gasteiger partial charge in [-0.3, -0.25) is 0 Å². The summed E-state index contributed by atoms with van der Waals surface area (Å²) in [7, 11) is 0. The number of nitrogens with two attached hydrogens (primary N) is 1. The van der Waals surface area contributed by atoms with Crippen LogP contribution >= 0.6 is 0 Å². The Morgan fingerprint density at radius 2 is 2.11 bits per heavy atom. The lowest BCUT2D eigenvalue weighted by atomic mass is 10.1. The Morgan fingerprint density at radius 1 is 1.39 bits per heavy atom. The molecule has 1 aliphatic carbocycles. The van der Waals surface area contributed by atoms with E-state index in [1.54, 1.807) is 0 Å². The number of nitrogens with zero attached hydrogens (tertiary/aromatic N) is 1. The minimum atomic E-state index is -4.44. The van der Waals surface area contributed by atoms with Crippen molar-refractivity contribution >= 4 is 11.4 Å². The van der Waals surface area contributed by atoms with Gasteiger partial charge in [0.15, 0.2) is 0 Å². The van der Waals surface area contributed by atoms with Crippen molar-refractivity contribution in [2.75, 3.05) is 11.1 Å². The molecule has 0 aromatic carbocycles. The standard InChI is InChI=1S/C12H16F3N3/c1-7-3-2-4-9(7)18-10-5-11(12(13,14)15)17-6-8(10)16/h5-7,9H,2-4,16H2,1H3,(H,17,18). The second-order valence-corrected chi connectivity index (χ2v) is 4.81. The van der Waals surface area contributed by atoms with Gasteiger partial charge in [0.2, 0.25) is 0 Å². The monoisotopic (exact) mass is 259 g/mol. The summed E-state index contributed by atoms with van der Waals surface area (Å²) in [6, 6.07) is 1.18. The predicted molar refractivity (Wildman–Crippen MR) is 64.1 cm³/mol. The number of nitrogens with one attached hydrogen (secondary N) is 1. The quantitative estimate of drug-likeness (QED) is 0.857. The molecule has 1 aromatic heterocycles. The van der Waals surface area contributed by atoms with Crippen molar-refractivity contribution in [3.05, 3.63) is 18.0 Å². The summed E-state index contributed by atoms with van der Waals surface area (Å²) in [5, 5.41) is 3.11. The van der Waals surface area contributed by atoms with Crippen molar-refractivity contribution in [2.45, 2.75) is 38.4 Å². The zero-order valence-electron chi connectivity index (χ0n) is 10.1. The lowest BCUT2D eigenvalue weighted by Crippen LogP contribution is -2.23. The highest BCUT2D eigenvalue weighted by Gasteiger charge is 2.33. The van der Waals surface area contributed by atoms with Gasteiger partial charge in [-0.25, -0.2) is 4.98 Å². The van der Waals surface area contributed by atoms with Crippen LogP contribution in [0.1, 0.15) is 31.9 Å². The molecule has 1 saturated carbocycles. The first-order valence-electron chi connectivity index (χ1n) is 5.97. The van der Waals surface area contributed by atoms with Crippen LogP contribution in [0.2, 0.25) is 0 Å². The molecule has 3 nitrogen and oxygen atoms in total. The average Bonchev–Trinajstić information content (AvgIpc) is 2.66. The van der Waals surface area contributed by atoms with Crippen LogP contribution in [-0.4, -0.2) is 11.0 Å². The summed E-state index contributed by atoms with van der Waals surface area (Å²) < 4.78 is 37.7. The Labute approximate surface area is 104 Å². The Hall–Kier alpha value is -1.46. The zero-order chi connectivity index (χ0) is 13.3. The van der Waals surface area contributed by atoms with E-state index in [0.29, 0.717) is 11.6 Å². The van der Waals surface area contributed by atoms with Crippen LogP contribution in [0, 0.1) is 5.92 Å². The first-order chi connectivity index (χ1) is 8.38. The van der Waals surface area contributed by atoms with Crippen molar-refractivity contribution in [3.8, 4) is 0 Å². The molecule has 0 bridgehead atoms. The second kappa shape index (κ2) is 4.66. The van der Waals surface area contributed by atoms with E-state index in [-0.39, 0.29) is 11.7 Å². The molecule has 2 atom stereocenters. The zero-order valence-corrected chi connectivity index (χ0v) is 10.1. The maximum atomic E-state index is 12.6. The van der Waals surface area contributed by atoms with Crippen molar-refractivity contribution in [1.82, 2.24) is 4.98 Å². The summed E-state index contributed by atoms with van der Waals surface area (Å²) in [5.74, 6) is 0.451. The number of anilines is 2. The highest BCUT2D eigenvalue weighted by Crippen LogP contribution is 2.33. The SMILES string of the molecule is CC1CCCC1Nc1cc(C(F)(F)F)ncc1N.